The average Bonchev–Trinajstić information content (AvgIpc) is 2.50. The van der Waals surface area contributed by atoms with Gasteiger partial charge < -0.3 is 14.8 Å². The van der Waals surface area contributed by atoms with E-state index in [2.05, 4.69) is 59.4 Å². The van der Waals surface area contributed by atoms with Crippen LogP contribution in [0.25, 0.3) is 0 Å². The number of hydrogen-bond acceptors (Lipinski definition) is 3. The SMILES string of the molecule is CCNC(Cc1ccccc1Br)C1(OCC)CCOCC1. The standard InChI is InChI=1S/C17H26BrNO2/c1-3-19-16(13-14-7-5-6-8-15(14)18)17(21-4-2)9-11-20-12-10-17/h5-8,16,19H,3-4,9-13H2,1-2H3. The molecule has 0 aliphatic carbocycles. The first-order valence-electron chi connectivity index (χ1n) is 7.90. The molecule has 4 heteroatoms. The van der Waals surface area contributed by atoms with Gasteiger partial charge in [0.25, 0.3) is 0 Å². The number of nitrogens with one attached hydrogen (secondary N) is 1. The van der Waals surface area contributed by atoms with Crippen molar-refractivity contribution in [2.24, 2.45) is 0 Å². The molecule has 21 heavy (non-hydrogen) atoms. The number of ether oxygens (including phenoxy) is 2. The van der Waals surface area contributed by atoms with E-state index >= 15 is 0 Å². The normalized spacial score (nSPS) is 19.4. The van der Waals surface area contributed by atoms with Gasteiger partial charge in [0.05, 0.1) is 5.60 Å². The van der Waals surface area contributed by atoms with Gasteiger partial charge in [0.1, 0.15) is 0 Å². The third-order valence-electron chi connectivity index (χ3n) is 4.24. The molecule has 0 bridgehead atoms. The molecule has 1 N–H and O–H groups in total. The van der Waals surface area contributed by atoms with Gasteiger partial charge in [-0.25, -0.2) is 0 Å². The van der Waals surface area contributed by atoms with Crippen LogP contribution in [0.5, 0.6) is 0 Å². The van der Waals surface area contributed by atoms with E-state index in [1.807, 2.05) is 0 Å². The van der Waals surface area contributed by atoms with Crippen LogP contribution in [-0.2, 0) is 15.9 Å². The van der Waals surface area contributed by atoms with Gasteiger partial charge in [0.15, 0.2) is 0 Å². The summed E-state index contributed by atoms with van der Waals surface area (Å²) in [6.07, 6.45) is 2.89. The molecule has 1 aliphatic heterocycles. The van der Waals surface area contributed by atoms with Gasteiger partial charge in [-0.3, -0.25) is 0 Å². The third-order valence-corrected chi connectivity index (χ3v) is 5.01. The van der Waals surface area contributed by atoms with Gasteiger partial charge in [0, 0.05) is 43.2 Å². The number of rotatable bonds is 7. The largest absolute Gasteiger partial charge is 0.381 e. The van der Waals surface area contributed by atoms with E-state index in [1.54, 1.807) is 0 Å². The quantitative estimate of drug-likeness (QED) is 0.811. The maximum atomic E-state index is 6.24. The van der Waals surface area contributed by atoms with Crippen molar-refractivity contribution in [1.82, 2.24) is 5.32 Å². The fourth-order valence-corrected chi connectivity index (χ4v) is 3.62. The topological polar surface area (TPSA) is 30.5 Å². The fraction of sp³-hybridized carbons (Fsp3) is 0.647. The van der Waals surface area contributed by atoms with Gasteiger partial charge in [-0.1, -0.05) is 41.1 Å². The summed E-state index contributed by atoms with van der Waals surface area (Å²) in [5.41, 5.74) is 1.21. The summed E-state index contributed by atoms with van der Waals surface area (Å²) in [6, 6.07) is 8.76. The summed E-state index contributed by atoms with van der Waals surface area (Å²) in [5.74, 6) is 0. The van der Waals surface area contributed by atoms with Crippen LogP contribution in [0.4, 0.5) is 0 Å². The minimum atomic E-state index is -0.113. The molecule has 0 aromatic heterocycles. The molecular formula is C17H26BrNO2. The van der Waals surface area contributed by atoms with Gasteiger partial charge >= 0.3 is 0 Å². The van der Waals surface area contributed by atoms with Crippen molar-refractivity contribution in [3.05, 3.63) is 34.3 Å². The first kappa shape index (κ1) is 16.9. The van der Waals surface area contributed by atoms with E-state index in [0.717, 1.165) is 45.6 Å². The molecule has 118 valence electrons. The maximum absolute atomic E-state index is 6.24. The molecule has 0 radical (unpaired) electrons. The lowest BCUT2D eigenvalue weighted by Gasteiger charge is -2.43. The summed E-state index contributed by atoms with van der Waals surface area (Å²) in [5, 5.41) is 3.65. The lowest BCUT2D eigenvalue weighted by Crippen LogP contribution is -2.56. The molecule has 1 saturated heterocycles. The second-order valence-corrected chi connectivity index (χ2v) is 6.37. The van der Waals surface area contributed by atoms with Crippen LogP contribution in [0, 0.1) is 0 Å². The lowest BCUT2D eigenvalue weighted by atomic mass is 9.82. The molecule has 1 fully saturated rings. The number of halogens is 1. The maximum Gasteiger partial charge on any atom is 0.0881 e. The zero-order valence-corrected chi connectivity index (χ0v) is 14.6. The first-order chi connectivity index (χ1) is 10.2. The molecule has 0 spiro atoms. The van der Waals surface area contributed by atoms with Crippen LogP contribution in [-0.4, -0.2) is 38.0 Å². The zero-order valence-electron chi connectivity index (χ0n) is 13.0. The van der Waals surface area contributed by atoms with Crippen molar-refractivity contribution in [2.75, 3.05) is 26.4 Å². The Hall–Kier alpha value is -0.420. The highest BCUT2D eigenvalue weighted by Gasteiger charge is 2.40. The Morgan fingerprint density at radius 2 is 2.00 bits per heavy atom. The van der Waals surface area contributed by atoms with E-state index in [4.69, 9.17) is 9.47 Å². The van der Waals surface area contributed by atoms with Gasteiger partial charge in [-0.05, 0) is 31.5 Å². The molecule has 2 rings (SSSR count). The Kier molecular flexibility index (Phi) is 6.68. The van der Waals surface area contributed by atoms with E-state index in [1.165, 1.54) is 10.0 Å². The predicted molar refractivity (Wildman–Crippen MR) is 89.7 cm³/mol. The van der Waals surface area contributed by atoms with Crippen LogP contribution >= 0.6 is 15.9 Å². The third kappa shape index (κ3) is 4.28. The molecular weight excluding hydrogens is 330 g/mol. The van der Waals surface area contributed by atoms with Crippen molar-refractivity contribution in [3.8, 4) is 0 Å². The van der Waals surface area contributed by atoms with Crippen LogP contribution in [0.15, 0.2) is 28.7 Å². The minimum absolute atomic E-state index is 0.113. The Labute approximate surface area is 136 Å². The van der Waals surface area contributed by atoms with E-state index < -0.39 is 0 Å². The Morgan fingerprint density at radius 1 is 1.29 bits per heavy atom. The van der Waals surface area contributed by atoms with Crippen molar-refractivity contribution in [1.29, 1.82) is 0 Å². The summed E-state index contributed by atoms with van der Waals surface area (Å²) in [4.78, 5) is 0. The number of likely N-dealkylation sites (N-methyl/N-ethyl adjacent to an activating group) is 1. The van der Waals surface area contributed by atoms with Gasteiger partial charge in [-0.15, -0.1) is 0 Å². The van der Waals surface area contributed by atoms with Crippen molar-refractivity contribution >= 4 is 15.9 Å². The second-order valence-electron chi connectivity index (χ2n) is 5.52. The average molecular weight is 356 g/mol. The summed E-state index contributed by atoms with van der Waals surface area (Å²) in [6.45, 7) is 7.52. The smallest absolute Gasteiger partial charge is 0.0881 e. The number of hydrogen-bond donors (Lipinski definition) is 1. The minimum Gasteiger partial charge on any atom is -0.381 e. The Balaban J connectivity index is 2.21. The summed E-state index contributed by atoms with van der Waals surface area (Å²) < 4.78 is 13.0. The van der Waals surface area contributed by atoms with Crippen molar-refractivity contribution < 1.29 is 9.47 Å². The molecule has 1 aliphatic rings. The zero-order chi connectivity index (χ0) is 15.1. The molecule has 1 heterocycles. The van der Waals surface area contributed by atoms with E-state index in [0.29, 0.717) is 6.04 Å². The van der Waals surface area contributed by atoms with Crippen molar-refractivity contribution in [3.63, 3.8) is 0 Å². The first-order valence-corrected chi connectivity index (χ1v) is 8.69. The fourth-order valence-electron chi connectivity index (χ4n) is 3.17. The molecule has 1 unspecified atom stereocenters. The van der Waals surface area contributed by atoms with Crippen LogP contribution in [0.1, 0.15) is 32.3 Å². The number of benzene rings is 1. The van der Waals surface area contributed by atoms with E-state index in [-0.39, 0.29) is 5.60 Å². The molecule has 1 atom stereocenters. The van der Waals surface area contributed by atoms with Crippen molar-refractivity contribution in [2.45, 2.75) is 44.8 Å². The molecule has 3 nitrogen and oxygen atoms in total. The Morgan fingerprint density at radius 3 is 2.62 bits per heavy atom. The van der Waals surface area contributed by atoms with Crippen LogP contribution in [0.3, 0.4) is 0 Å². The predicted octanol–water partition coefficient (Wildman–Crippen LogP) is 3.56. The Bertz CT molecular complexity index is 427. The molecule has 0 amide bonds. The highest BCUT2D eigenvalue weighted by molar-refractivity contribution is 9.10. The molecule has 1 aromatic carbocycles. The van der Waals surface area contributed by atoms with Crippen LogP contribution in [0.2, 0.25) is 0 Å². The van der Waals surface area contributed by atoms with Gasteiger partial charge in [0.2, 0.25) is 0 Å². The summed E-state index contributed by atoms with van der Waals surface area (Å²) >= 11 is 3.66. The molecule has 0 saturated carbocycles. The van der Waals surface area contributed by atoms with Gasteiger partial charge in [-0.2, -0.15) is 0 Å². The molecule has 1 aromatic rings. The second kappa shape index (κ2) is 8.28. The van der Waals surface area contributed by atoms with Crippen LogP contribution < -0.4 is 5.32 Å². The van der Waals surface area contributed by atoms with E-state index in [9.17, 15) is 0 Å². The highest BCUT2D eigenvalue weighted by Crippen LogP contribution is 2.32. The lowest BCUT2D eigenvalue weighted by molar-refractivity contribution is -0.126. The highest BCUT2D eigenvalue weighted by atomic mass is 79.9. The summed E-state index contributed by atoms with van der Waals surface area (Å²) in [7, 11) is 0. The monoisotopic (exact) mass is 355 g/mol.